The van der Waals surface area contributed by atoms with Gasteiger partial charge in [-0.2, -0.15) is 23.4 Å². The molecule has 8 nitrogen and oxygen atoms in total. The molecule has 0 unspecified atom stereocenters. The maximum absolute atomic E-state index is 13.1. The first-order chi connectivity index (χ1) is 14.3. The number of hydrogen-bond donors (Lipinski definition) is 0. The quantitative estimate of drug-likeness (QED) is 0.584. The number of carbonyl (C=O) groups is 1. The number of halogens is 3. The van der Waals surface area contributed by atoms with E-state index < -0.39 is 17.8 Å². The van der Waals surface area contributed by atoms with Gasteiger partial charge in [0.15, 0.2) is 5.69 Å². The van der Waals surface area contributed by atoms with E-state index in [0.29, 0.717) is 18.4 Å². The zero-order chi connectivity index (χ0) is 21.7. The van der Waals surface area contributed by atoms with Crippen LogP contribution in [-0.4, -0.2) is 55.0 Å². The predicted molar refractivity (Wildman–Crippen MR) is 100 cm³/mol. The van der Waals surface area contributed by atoms with Gasteiger partial charge in [-0.05, 0) is 32.0 Å². The minimum atomic E-state index is -4.46. The fourth-order valence-corrected chi connectivity index (χ4v) is 2.78. The Bertz CT molecular complexity index is 977. The van der Waals surface area contributed by atoms with E-state index in [4.69, 9.17) is 4.74 Å². The zero-order valence-corrected chi connectivity index (χ0v) is 16.2. The topological polar surface area (TPSA) is 86.0 Å². The lowest BCUT2D eigenvalue weighted by Crippen LogP contribution is -2.42. The van der Waals surface area contributed by atoms with Gasteiger partial charge in [0, 0.05) is 25.0 Å². The summed E-state index contributed by atoms with van der Waals surface area (Å²) in [6.45, 7) is 3.98. The summed E-state index contributed by atoms with van der Waals surface area (Å²) in [4.78, 5) is 23.8. The van der Waals surface area contributed by atoms with Crippen LogP contribution in [0.1, 0.15) is 29.9 Å². The molecule has 0 aliphatic carbocycles. The number of rotatable bonds is 7. The van der Waals surface area contributed by atoms with Crippen molar-refractivity contribution >= 4 is 5.91 Å². The Morgan fingerprint density at radius 3 is 2.50 bits per heavy atom. The van der Waals surface area contributed by atoms with Gasteiger partial charge >= 0.3 is 6.18 Å². The van der Waals surface area contributed by atoms with Gasteiger partial charge in [-0.25, -0.2) is 9.97 Å². The molecule has 0 radical (unpaired) electrons. The summed E-state index contributed by atoms with van der Waals surface area (Å²) in [6, 6.07) is 5.00. The third kappa shape index (κ3) is 4.73. The molecule has 0 fully saturated rings. The molecule has 0 spiro atoms. The SMILES string of the molecule is CCN(C(=O)c1ncccc1-n1nccn1)[C@@H](C)COc1ccc(C(F)(F)F)cn1. The standard InChI is InChI=1S/C19H19F3N6O2/c1-3-27(13(2)12-30-16-7-6-14(11-24-16)19(20,21)22)18(29)17-15(5-4-8-23-17)28-25-9-10-26-28/h4-11,13H,3,12H2,1-2H3/t13-/m0/s1. The number of nitrogens with zero attached hydrogens (tertiary/aromatic N) is 6. The molecule has 0 saturated carbocycles. The molecule has 3 rings (SSSR count). The van der Waals surface area contributed by atoms with Gasteiger partial charge in [0.05, 0.1) is 24.0 Å². The summed E-state index contributed by atoms with van der Waals surface area (Å²) in [5, 5.41) is 8.08. The first kappa shape index (κ1) is 21.2. The molecule has 0 aliphatic heterocycles. The van der Waals surface area contributed by atoms with Gasteiger partial charge in [0.25, 0.3) is 5.91 Å². The minimum Gasteiger partial charge on any atom is -0.475 e. The Labute approximate surface area is 170 Å². The lowest BCUT2D eigenvalue weighted by Gasteiger charge is -2.28. The summed E-state index contributed by atoms with van der Waals surface area (Å²) >= 11 is 0. The number of aromatic nitrogens is 5. The average Bonchev–Trinajstić information content (AvgIpc) is 3.27. The van der Waals surface area contributed by atoms with Crippen LogP contribution in [-0.2, 0) is 6.18 Å². The van der Waals surface area contributed by atoms with Gasteiger partial charge in [-0.1, -0.05) is 0 Å². The second kappa shape index (κ2) is 8.89. The Morgan fingerprint density at radius 2 is 1.90 bits per heavy atom. The Kier molecular flexibility index (Phi) is 6.28. The Balaban J connectivity index is 1.71. The monoisotopic (exact) mass is 420 g/mol. The van der Waals surface area contributed by atoms with Gasteiger partial charge in [0.2, 0.25) is 5.88 Å². The number of hydrogen-bond acceptors (Lipinski definition) is 6. The van der Waals surface area contributed by atoms with E-state index in [1.54, 1.807) is 30.9 Å². The van der Waals surface area contributed by atoms with Crippen molar-refractivity contribution in [2.45, 2.75) is 26.1 Å². The first-order valence-electron chi connectivity index (χ1n) is 9.10. The van der Waals surface area contributed by atoms with Crippen LogP contribution in [0.2, 0.25) is 0 Å². The number of amides is 1. The molecular formula is C19H19F3N6O2. The summed E-state index contributed by atoms with van der Waals surface area (Å²) in [7, 11) is 0. The van der Waals surface area contributed by atoms with Crippen LogP contribution in [0, 0.1) is 0 Å². The third-order valence-electron chi connectivity index (χ3n) is 4.29. The lowest BCUT2D eigenvalue weighted by molar-refractivity contribution is -0.137. The van der Waals surface area contributed by atoms with E-state index in [1.165, 1.54) is 23.4 Å². The molecule has 1 atom stereocenters. The van der Waals surface area contributed by atoms with Crippen molar-refractivity contribution in [1.29, 1.82) is 0 Å². The van der Waals surface area contributed by atoms with E-state index >= 15 is 0 Å². The summed E-state index contributed by atoms with van der Waals surface area (Å²) in [5.74, 6) is -0.306. The van der Waals surface area contributed by atoms with Gasteiger partial charge < -0.3 is 9.64 Å². The highest BCUT2D eigenvalue weighted by Gasteiger charge is 2.31. The van der Waals surface area contributed by atoms with Crippen molar-refractivity contribution < 1.29 is 22.7 Å². The van der Waals surface area contributed by atoms with Gasteiger partial charge in [-0.15, -0.1) is 4.80 Å². The highest BCUT2D eigenvalue weighted by atomic mass is 19.4. The van der Waals surface area contributed by atoms with Gasteiger partial charge in [0.1, 0.15) is 12.3 Å². The van der Waals surface area contributed by atoms with E-state index in [9.17, 15) is 18.0 Å². The largest absolute Gasteiger partial charge is 0.475 e. The molecule has 3 aromatic heterocycles. The summed E-state index contributed by atoms with van der Waals surface area (Å²) in [5.41, 5.74) is -0.248. The second-order valence-corrected chi connectivity index (χ2v) is 6.32. The van der Waals surface area contributed by atoms with Crippen LogP contribution in [0.5, 0.6) is 5.88 Å². The molecule has 0 bridgehead atoms. The average molecular weight is 420 g/mol. The molecule has 3 aromatic rings. The number of pyridine rings is 2. The Hall–Kier alpha value is -3.50. The smallest absolute Gasteiger partial charge is 0.417 e. The lowest BCUT2D eigenvalue weighted by atomic mass is 10.2. The van der Waals surface area contributed by atoms with Crippen molar-refractivity contribution in [1.82, 2.24) is 29.9 Å². The second-order valence-electron chi connectivity index (χ2n) is 6.32. The van der Waals surface area contributed by atoms with Crippen LogP contribution < -0.4 is 4.74 Å². The van der Waals surface area contributed by atoms with Crippen LogP contribution in [0.4, 0.5) is 13.2 Å². The molecule has 11 heteroatoms. The van der Waals surface area contributed by atoms with Gasteiger partial charge in [-0.3, -0.25) is 4.79 Å². The summed E-state index contributed by atoms with van der Waals surface area (Å²) < 4.78 is 43.4. The number of ether oxygens (including phenoxy) is 1. The number of likely N-dealkylation sites (N-methyl/N-ethyl adjacent to an activating group) is 1. The fraction of sp³-hybridized carbons (Fsp3) is 0.316. The van der Waals surface area contributed by atoms with E-state index in [2.05, 4.69) is 20.2 Å². The van der Waals surface area contributed by atoms with E-state index in [1.807, 2.05) is 0 Å². The molecule has 30 heavy (non-hydrogen) atoms. The van der Waals surface area contributed by atoms with Crippen molar-refractivity contribution in [3.8, 4) is 11.6 Å². The van der Waals surface area contributed by atoms with Crippen molar-refractivity contribution in [2.24, 2.45) is 0 Å². The predicted octanol–water partition coefficient (Wildman–Crippen LogP) is 3.01. The first-order valence-corrected chi connectivity index (χ1v) is 9.10. The molecule has 0 aliphatic rings. The van der Waals surface area contributed by atoms with Crippen LogP contribution in [0.3, 0.4) is 0 Å². The number of carbonyl (C=O) groups excluding carboxylic acids is 1. The van der Waals surface area contributed by atoms with Crippen molar-refractivity contribution in [3.63, 3.8) is 0 Å². The normalized spacial score (nSPS) is 12.4. The molecule has 158 valence electrons. The minimum absolute atomic E-state index is 0.0395. The summed E-state index contributed by atoms with van der Waals surface area (Å²) in [6.07, 6.45) is 0.730. The highest BCUT2D eigenvalue weighted by Crippen LogP contribution is 2.29. The van der Waals surface area contributed by atoms with E-state index in [-0.39, 0.29) is 24.1 Å². The Morgan fingerprint density at radius 1 is 1.17 bits per heavy atom. The molecule has 0 saturated heterocycles. The van der Waals surface area contributed by atoms with Crippen LogP contribution >= 0.6 is 0 Å². The number of alkyl halides is 3. The maximum atomic E-state index is 13.1. The molecule has 1 amide bonds. The molecule has 3 heterocycles. The van der Waals surface area contributed by atoms with Crippen LogP contribution in [0.15, 0.2) is 49.1 Å². The van der Waals surface area contributed by atoms with Crippen LogP contribution in [0.25, 0.3) is 5.69 Å². The highest BCUT2D eigenvalue weighted by molar-refractivity contribution is 5.95. The third-order valence-corrected chi connectivity index (χ3v) is 4.29. The maximum Gasteiger partial charge on any atom is 0.417 e. The molecule has 0 N–H and O–H groups in total. The zero-order valence-electron chi connectivity index (χ0n) is 16.2. The van der Waals surface area contributed by atoms with Crippen molar-refractivity contribution in [2.75, 3.05) is 13.2 Å². The van der Waals surface area contributed by atoms with E-state index in [0.717, 1.165) is 12.1 Å². The molecular weight excluding hydrogens is 401 g/mol. The fourth-order valence-electron chi connectivity index (χ4n) is 2.78. The van der Waals surface area contributed by atoms with Crippen molar-refractivity contribution in [3.05, 3.63) is 60.3 Å². The molecule has 0 aromatic carbocycles.